The molecule has 0 aliphatic carbocycles. The van der Waals surface area contributed by atoms with Gasteiger partial charge in [0.15, 0.2) is 0 Å². The van der Waals surface area contributed by atoms with Crippen LogP contribution in [0.3, 0.4) is 0 Å². The molecule has 2 aromatic heterocycles. The zero-order valence-corrected chi connectivity index (χ0v) is 13.3. The van der Waals surface area contributed by atoms with Crippen molar-refractivity contribution in [2.24, 2.45) is 5.92 Å². The zero-order chi connectivity index (χ0) is 15.6. The first kappa shape index (κ1) is 15.5. The van der Waals surface area contributed by atoms with E-state index in [-0.39, 0.29) is 23.8 Å². The Bertz CT molecular complexity index is 631. The van der Waals surface area contributed by atoms with Crippen molar-refractivity contribution in [2.75, 3.05) is 6.61 Å². The summed E-state index contributed by atoms with van der Waals surface area (Å²) in [6, 6.07) is 2.15. The Morgan fingerprint density at radius 1 is 1.33 bits per heavy atom. The first-order valence-electron chi connectivity index (χ1n) is 7.45. The summed E-state index contributed by atoms with van der Waals surface area (Å²) in [4.78, 5) is 21.1. The Balaban J connectivity index is 2.62. The first-order chi connectivity index (χ1) is 9.97. The van der Waals surface area contributed by atoms with E-state index >= 15 is 0 Å². The van der Waals surface area contributed by atoms with E-state index in [4.69, 9.17) is 4.74 Å². The number of hydrogen-bond donors (Lipinski definition) is 0. The Kier molecular flexibility index (Phi) is 4.60. The van der Waals surface area contributed by atoms with E-state index < -0.39 is 0 Å². The fraction of sp³-hybridized carbons (Fsp3) is 0.562. The predicted octanol–water partition coefficient (Wildman–Crippen LogP) is 3.31. The topological polar surface area (TPSA) is 57.0 Å². The largest absolute Gasteiger partial charge is 0.465 e. The highest BCUT2D eigenvalue weighted by atomic mass is 16.5. The van der Waals surface area contributed by atoms with Gasteiger partial charge >= 0.3 is 5.97 Å². The van der Waals surface area contributed by atoms with E-state index in [1.165, 1.54) is 0 Å². The summed E-state index contributed by atoms with van der Waals surface area (Å²) in [5, 5.41) is 0. The number of imidazole rings is 1. The van der Waals surface area contributed by atoms with Crippen LogP contribution >= 0.6 is 0 Å². The summed E-state index contributed by atoms with van der Waals surface area (Å²) in [6.07, 6.45) is 3.49. The molecule has 0 aliphatic rings. The Labute approximate surface area is 125 Å². The van der Waals surface area contributed by atoms with Gasteiger partial charge in [-0.1, -0.05) is 13.8 Å². The molecule has 2 aromatic rings. The van der Waals surface area contributed by atoms with Gasteiger partial charge in [-0.25, -0.2) is 4.98 Å². The monoisotopic (exact) mass is 289 g/mol. The summed E-state index contributed by atoms with van der Waals surface area (Å²) in [7, 11) is 0. The molecule has 0 N–H and O–H groups in total. The number of pyridine rings is 1. The highest BCUT2D eigenvalue weighted by Crippen LogP contribution is 2.30. The van der Waals surface area contributed by atoms with Crippen molar-refractivity contribution in [3.8, 4) is 0 Å². The van der Waals surface area contributed by atoms with Crippen LogP contribution < -0.4 is 0 Å². The minimum Gasteiger partial charge on any atom is -0.465 e. The summed E-state index contributed by atoms with van der Waals surface area (Å²) in [6.45, 7) is 10.4. The fourth-order valence-electron chi connectivity index (χ4n) is 2.64. The number of ether oxygens (including phenoxy) is 1. The molecular formula is C16H23N3O2. The van der Waals surface area contributed by atoms with Crippen molar-refractivity contribution < 1.29 is 9.53 Å². The SMILES string of the molecule is CCOC(=O)C(c1nc2cnccc2n1C(C)C)C(C)C. The van der Waals surface area contributed by atoms with E-state index in [9.17, 15) is 4.79 Å². The minimum absolute atomic E-state index is 0.117. The molecule has 0 spiro atoms. The summed E-state index contributed by atoms with van der Waals surface area (Å²) in [5.74, 6) is 0.310. The molecule has 1 unspecified atom stereocenters. The van der Waals surface area contributed by atoms with Crippen molar-refractivity contribution >= 4 is 17.0 Å². The molecule has 0 saturated carbocycles. The molecule has 2 heterocycles. The lowest BCUT2D eigenvalue weighted by atomic mass is 9.94. The number of nitrogens with zero attached hydrogens (tertiary/aromatic N) is 3. The van der Waals surface area contributed by atoms with Gasteiger partial charge < -0.3 is 9.30 Å². The molecule has 0 aliphatic heterocycles. The normalized spacial score (nSPS) is 13.1. The van der Waals surface area contributed by atoms with Crippen molar-refractivity contribution in [2.45, 2.75) is 46.6 Å². The molecule has 5 heteroatoms. The lowest BCUT2D eigenvalue weighted by molar-refractivity contribution is -0.146. The second-order valence-electron chi connectivity index (χ2n) is 5.77. The average Bonchev–Trinajstić information content (AvgIpc) is 2.77. The molecule has 21 heavy (non-hydrogen) atoms. The van der Waals surface area contributed by atoms with Gasteiger partial charge in [-0.2, -0.15) is 0 Å². The number of hydrogen-bond acceptors (Lipinski definition) is 4. The van der Waals surface area contributed by atoms with E-state index in [0.717, 1.165) is 16.9 Å². The number of carbonyl (C=O) groups excluding carboxylic acids is 1. The third kappa shape index (κ3) is 2.91. The van der Waals surface area contributed by atoms with Crippen molar-refractivity contribution in [3.63, 3.8) is 0 Å². The van der Waals surface area contributed by atoms with E-state index in [1.807, 2.05) is 26.8 Å². The van der Waals surface area contributed by atoms with Gasteiger partial charge in [0.1, 0.15) is 17.3 Å². The van der Waals surface area contributed by atoms with Crippen LogP contribution in [-0.4, -0.2) is 27.1 Å². The van der Waals surface area contributed by atoms with Crippen LogP contribution in [0, 0.1) is 5.92 Å². The molecule has 0 saturated heterocycles. The van der Waals surface area contributed by atoms with Gasteiger partial charge in [-0.05, 0) is 32.8 Å². The van der Waals surface area contributed by atoms with Gasteiger partial charge in [-0.15, -0.1) is 0 Å². The quantitative estimate of drug-likeness (QED) is 0.792. The van der Waals surface area contributed by atoms with E-state index in [1.54, 1.807) is 12.4 Å². The summed E-state index contributed by atoms with van der Waals surface area (Å²) < 4.78 is 7.35. The second kappa shape index (κ2) is 6.24. The highest BCUT2D eigenvalue weighted by Gasteiger charge is 2.31. The molecule has 1 atom stereocenters. The molecular weight excluding hydrogens is 266 g/mol. The van der Waals surface area contributed by atoms with Crippen molar-refractivity contribution in [3.05, 3.63) is 24.3 Å². The van der Waals surface area contributed by atoms with Crippen molar-refractivity contribution in [1.29, 1.82) is 0 Å². The Hall–Kier alpha value is -1.91. The summed E-state index contributed by atoms with van der Waals surface area (Å²) in [5.41, 5.74) is 1.82. The van der Waals surface area contributed by atoms with E-state index in [0.29, 0.717) is 6.61 Å². The van der Waals surface area contributed by atoms with E-state index in [2.05, 4.69) is 28.4 Å². The standard InChI is InChI=1S/C16H23N3O2/c1-6-21-16(20)14(10(2)3)15-18-12-9-17-8-7-13(12)19(15)11(4)5/h7-11,14H,6H2,1-5H3. The fourth-order valence-corrected chi connectivity index (χ4v) is 2.64. The average molecular weight is 289 g/mol. The van der Waals surface area contributed by atoms with Crippen LogP contribution in [0.4, 0.5) is 0 Å². The number of fused-ring (bicyclic) bond motifs is 1. The first-order valence-corrected chi connectivity index (χ1v) is 7.45. The second-order valence-corrected chi connectivity index (χ2v) is 5.77. The number of carbonyl (C=O) groups is 1. The maximum Gasteiger partial charge on any atom is 0.316 e. The van der Waals surface area contributed by atoms with Gasteiger partial charge in [0.25, 0.3) is 0 Å². The molecule has 0 radical (unpaired) electrons. The van der Waals surface area contributed by atoms with Gasteiger partial charge in [0.05, 0.1) is 18.3 Å². The third-order valence-electron chi connectivity index (χ3n) is 3.52. The number of aromatic nitrogens is 3. The van der Waals surface area contributed by atoms with Crippen LogP contribution in [0.15, 0.2) is 18.5 Å². The lowest BCUT2D eigenvalue weighted by Gasteiger charge is -2.22. The van der Waals surface area contributed by atoms with Crippen LogP contribution in [0.1, 0.15) is 52.4 Å². The highest BCUT2D eigenvalue weighted by molar-refractivity contribution is 5.81. The minimum atomic E-state index is -0.361. The number of rotatable bonds is 5. The van der Waals surface area contributed by atoms with Gasteiger partial charge in [0, 0.05) is 12.2 Å². The van der Waals surface area contributed by atoms with Crippen LogP contribution in [-0.2, 0) is 9.53 Å². The van der Waals surface area contributed by atoms with Gasteiger partial charge in [0.2, 0.25) is 0 Å². The molecule has 2 rings (SSSR count). The van der Waals surface area contributed by atoms with Gasteiger partial charge in [-0.3, -0.25) is 9.78 Å². The Morgan fingerprint density at radius 2 is 2.05 bits per heavy atom. The zero-order valence-electron chi connectivity index (χ0n) is 13.3. The lowest BCUT2D eigenvalue weighted by Crippen LogP contribution is -2.25. The molecule has 0 aromatic carbocycles. The Morgan fingerprint density at radius 3 is 2.62 bits per heavy atom. The third-order valence-corrected chi connectivity index (χ3v) is 3.52. The van der Waals surface area contributed by atoms with Crippen LogP contribution in [0.25, 0.3) is 11.0 Å². The molecule has 0 bridgehead atoms. The van der Waals surface area contributed by atoms with Crippen LogP contribution in [0.5, 0.6) is 0 Å². The predicted molar refractivity (Wildman–Crippen MR) is 82.1 cm³/mol. The molecule has 0 fully saturated rings. The smallest absolute Gasteiger partial charge is 0.316 e. The number of esters is 1. The molecule has 0 amide bonds. The van der Waals surface area contributed by atoms with Crippen molar-refractivity contribution in [1.82, 2.24) is 14.5 Å². The van der Waals surface area contributed by atoms with Crippen LogP contribution in [0.2, 0.25) is 0 Å². The molecule has 114 valence electrons. The summed E-state index contributed by atoms with van der Waals surface area (Å²) >= 11 is 0. The maximum absolute atomic E-state index is 12.3. The molecule has 5 nitrogen and oxygen atoms in total. The maximum atomic E-state index is 12.3.